The Morgan fingerprint density at radius 3 is 2.95 bits per heavy atom. The molecular weight excluding hydrogens is 266 g/mol. The molecule has 0 atom stereocenters. The van der Waals surface area contributed by atoms with E-state index >= 15 is 0 Å². The molecule has 0 spiro atoms. The van der Waals surface area contributed by atoms with Gasteiger partial charge in [0, 0.05) is 18.0 Å². The first-order chi connectivity index (χ1) is 10.1. The maximum absolute atomic E-state index is 11.8. The van der Waals surface area contributed by atoms with E-state index in [-0.39, 0.29) is 12.2 Å². The smallest absolute Gasteiger partial charge is 0.347 e. The summed E-state index contributed by atoms with van der Waals surface area (Å²) in [7, 11) is 1.60. The van der Waals surface area contributed by atoms with Gasteiger partial charge in [0.2, 0.25) is 0 Å². The lowest BCUT2D eigenvalue weighted by Gasteiger charge is -2.10. The molecule has 5 heteroatoms. The Morgan fingerprint density at radius 2 is 2.24 bits per heavy atom. The zero-order valence-corrected chi connectivity index (χ0v) is 12.1. The van der Waals surface area contributed by atoms with Crippen LogP contribution in [0.1, 0.15) is 16.7 Å². The quantitative estimate of drug-likeness (QED) is 0.850. The molecule has 0 saturated heterocycles. The van der Waals surface area contributed by atoms with Gasteiger partial charge in [-0.25, -0.2) is 9.78 Å². The normalized spacial score (nSPS) is 9.86. The zero-order chi connectivity index (χ0) is 15.2. The maximum atomic E-state index is 11.8. The van der Waals surface area contributed by atoms with Crippen LogP contribution < -0.4 is 16.2 Å². The molecule has 0 bridgehead atoms. The summed E-state index contributed by atoms with van der Waals surface area (Å²) < 4.78 is 6.78. The van der Waals surface area contributed by atoms with Gasteiger partial charge in [-0.2, -0.15) is 0 Å². The first-order valence-corrected chi connectivity index (χ1v) is 6.53. The largest absolute Gasteiger partial charge is 0.497 e. The minimum atomic E-state index is -0.291. The first kappa shape index (κ1) is 14.8. The van der Waals surface area contributed by atoms with Gasteiger partial charge in [0.15, 0.2) is 0 Å². The molecule has 5 nitrogen and oxygen atoms in total. The van der Waals surface area contributed by atoms with Crippen LogP contribution in [-0.2, 0) is 6.54 Å². The molecule has 0 aliphatic carbocycles. The van der Waals surface area contributed by atoms with E-state index in [4.69, 9.17) is 10.5 Å². The van der Waals surface area contributed by atoms with Crippen molar-refractivity contribution < 1.29 is 4.74 Å². The Hall–Kier alpha value is -2.58. The predicted octanol–water partition coefficient (Wildman–Crippen LogP) is 0.919. The van der Waals surface area contributed by atoms with Crippen LogP contribution in [0.2, 0.25) is 0 Å². The molecule has 0 saturated carbocycles. The van der Waals surface area contributed by atoms with Gasteiger partial charge in [0.05, 0.1) is 20.2 Å². The average molecular weight is 283 g/mol. The van der Waals surface area contributed by atoms with Gasteiger partial charge in [-0.1, -0.05) is 11.8 Å². The van der Waals surface area contributed by atoms with Gasteiger partial charge in [0.25, 0.3) is 0 Å². The van der Waals surface area contributed by atoms with Crippen molar-refractivity contribution in [2.45, 2.75) is 13.5 Å². The summed E-state index contributed by atoms with van der Waals surface area (Å²) in [6, 6.07) is 5.57. The molecule has 1 aromatic carbocycles. The number of hydrogen-bond acceptors (Lipinski definition) is 4. The van der Waals surface area contributed by atoms with E-state index < -0.39 is 0 Å². The number of aryl methyl sites for hydroxylation is 1. The second kappa shape index (κ2) is 6.73. The Labute approximate surface area is 123 Å². The van der Waals surface area contributed by atoms with Crippen molar-refractivity contribution in [1.29, 1.82) is 0 Å². The van der Waals surface area contributed by atoms with Crippen LogP contribution in [0.15, 0.2) is 35.4 Å². The highest BCUT2D eigenvalue weighted by Gasteiger charge is 2.06. The van der Waals surface area contributed by atoms with Gasteiger partial charge in [0.1, 0.15) is 5.75 Å². The standard InChI is InChI=1S/C16H17N3O2/c1-12-9-18-16(20)19(10-12)11-14-8-15(21-2)6-5-13(14)4-3-7-17/h5-6,8-10H,7,11,17H2,1-2H3. The summed E-state index contributed by atoms with van der Waals surface area (Å²) in [5, 5.41) is 0. The molecule has 21 heavy (non-hydrogen) atoms. The van der Waals surface area contributed by atoms with Crippen molar-refractivity contribution >= 4 is 0 Å². The molecule has 108 valence electrons. The summed E-state index contributed by atoms with van der Waals surface area (Å²) in [4.78, 5) is 15.6. The molecule has 0 aliphatic heterocycles. The Bertz CT molecular complexity index is 754. The van der Waals surface area contributed by atoms with Crippen LogP contribution in [0.3, 0.4) is 0 Å². The van der Waals surface area contributed by atoms with Crippen molar-refractivity contribution in [2.75, 3.05) is 13.7 Å². The number of methoxy groups -OCH3 is 1. The van der Waals surface area contributed by atoms with Crippen molar-refractivity contribution in [2.24, 2.45) is 5.73 Å². The number of aromatic nitrogens is 2. The van der Waals surface area contributed by atoms with E-state index in [9.17, 15) is 4.79 Å². The lowest BCUT2D eigenvalue weighted by molar-refractivity contribution is 0.414. The van der Waals surface area contributed by atoms with Crippen LogP contribution in [0.4, 0.5) is 0 Å². The topological polar surface area (TPSA) is 70.1 Å². The molecule has 0 radical (unpaired) electrons. The van der Waals surface area contributed by atoms with Gasteiger partial charge in [-0.15, -0.1) is 0 Å². The molecule has 2 aromatic rings. The van der Waals surface area contributed by atoms with Crippen LogP contribution >= 0.6 is 0 Å². The lowest BCUT2D eigenvalue weighted by atomic mass is 10.1. The van der Waals surface area contributed by atoms with Gasteiger partial charge >= 0.3 is 5.69 Å². The van der Waals surface area contributed by atoms with Crippen LogP contribution in [0, 0.1) is 18.8 Å². The lowest BCUT2D eigenvalue weighted by Crippen LogP contribution is -2.23. The van der Waals surface area contributed by atoms with Crippen LogP contribution in [-0.4, -0.2) is 23.2 Å². The second-order valence-electron chi connectivity index (χ2n) is 4.57. The number of hydrogen-bond donors (Lipinski definition) is 1. The third-order valence-electron chi connectivity index (χ3n) is 2.96. The monoisotopic (exact) mass is 283 g/mol. The van der Waals surface area contributed by atoms with Gasteiger partial charge in [-0.05, 0) is 36.2 Å². The average Bonchev–Trinajstić information content (AvgIpc) is 2.49. The van der Waals surface area contributed by atoms with Crippen molar-refractivity contribution in [3.63, 3.8) is 0 Å². The van der Waals surface area contributed by atoms with Gasteiger partial charge in [-0.3, -0.25) is 4.57 Å². The molecule has 1 heterocycles. The second-order valence-corrected chi connectivity index (χ2v) is 4.57. The SMILES string of the molecule is COc1ccc(C#CCN)c(Cn2cc(C)cnc2=O)c1. The molecule has 0 unspecified atom stereocenters. The van der Waals surface area contributed by atoms with Crippen molar-refractivity contribution in [3.8, 4) is 17.6 Å². The predicted molar refractivity (Wildman–Crippen MR) is 81.3 cm³/mol. The van der Waals surface area contributed by atoms with Crippen LogP contribution in [0.25, 0.3) is 0 Å². The molecule has 0 amide bonds. The summed E-state index contributed by atoms with van der Waals surface area (Å²) >= 11 is 0. The number of ether oxygens (including phenoxy) is 1. The van der Waals surface area contributed by atoms with E-state index in [1.807, 2.05) is 25.1 Å². The Balaban J connectivity index is 2.45. The Kier molecular flexibility index (Phi) is 4.75. The number of rotatable bonds is 3. The molecule has 0 fully saturated rings. The summed E-state index contributed by atoms with van der Waals surface area (Å²) in [6.45, 7) is 2.57. The Morgan fingerprint density at radius 1 is 1.43 bits per heavy atom. The number of nitrogens with zero attached hydrogens (tertiary/aromatic N) is 2. The highest BCUT2D eigenvalue weighted by atomic mass is 16.5. The fourth-order valence-electron chi connectivity index (χ4n) is 1.96. The maximum Gasteiger partial charge on any atom is 0.347 e. The molecule has 1 aromatic heterocycles. The third-order valence-corrected chi connectivity index (χ3v) is 2.96. The number of nitrogens with two attached hydrogens (primary N) is 1. The van der Waals surface area contributed by atoms with Crippen molar-refractivity contribution in [1.82, 2.24) is 9.55 Å². The zero-order valence-electron chi connectivity index (χ0n) is 12.1. The first-order valence-electron chi connectivity index (χ1n) is 6.53. The molecule has 2 N–H and O–H groups in total. The molecule has 0 aliphatic rings. The molecule has 2 rings (SSSR count). The number of benzene rings is 1. The highest BCUT2D eigenvalue weighted by molar-refractivity contribution is 5.45. The van der Waals surface area contributed by atoms with Gasteiger partial charge < -0.3 is 10.5 Å². The minimum Gasteiger partial charge on any atom is -0.497 e. The third kappa shape index (κ3) is 3.71. The van der Waals surface area contributed by atoms with E-state index in [1.165, 1.54) is 0 Å². The minimum absolute atomic E-state index is 0.289. The molecular formula is C16H17N3O2. The fourth-order valence-corrected chi connectivity index (χ4v) is 1.96. The van der Waals surface area contributed by atoms with E-state index in [0.717, 1.165) is 22.4 Å². The van der Waals surface area contributed by atoms with Crippen LogP contribution in [0.5, 0.6) is 5.75 Å². The fraction of sp³-hybridized carbons (Fsp3) is 0.250. The van der Waals surface area contributed by atoms with E-state index in [1.54, 1.807) is 24.1 Å². The van der Waals surface area contributed by atoms with Crippen molar-refractivity contribution in [3.05, 3.63) is 57.8 Å². The summed E-state index contributed by atoms with van der Waals surface area (Å²) in [5.41, 5.74) is 7.77. The summed E-state index contributed by atoms with van der Waals surface area (Å²) in [5.74, 6) is 6.56. The van der Waals surface area contributed by atoms with E-state index in [0.29, 0.717) is 6.54 Å². The van der Waals surface area contributed by atoms with E-state index in [2.05, 4.69) is 16.8 Å². The summed E-state index contributed by atoms with van der Waals surface area (Å²) in [6.07, 6.45) is 3.33. The highest BCUT2D eigenvalue weighted by Crippen LogP contribution is 2.18.